The van der Waals surface area contributed by atoms with Crippen LogP contribution < -0.4 is 5.32 Å². The van der Waals surface area contributed by atoms with Crippen LogP contribution in [0.1, 0.15) is 38.5 Å². The number of nitrogens with zero attached hydrogens (tertiary/aromatic N) is 1. The van der Waals surface area contributed by atoms with Crippen molar-refractivity contribution in [2.24, 2.45) is 0 Å². The number of anilines is 1. The van der Waals surface area contributed by atoms with Gasteiger partial charge in [-0.15, -0.1) is 0 Å². The van der Waals surface area contributed by atoms with Crippen LogP contribution in [0.4, 0.5) is 10.5 Å². The Morgan fingerprint density at radius 3 is 2.27 bits per heavy atom. The van der Waals surface area contributed by atoms with Gasteiger partial charge in [-0.05, 0) is 31.4 Å². The van der Waals surface area contributed by atoms with Gasteiger partial charge in [-0.3, -0.25) is 0 Å². The highest BCUT2D eigenvalue weighted by Crippen LogP contribution is 2.25. The fourth-order valence-electron chi connectivity index (χ4n) is 3.58. The first kappa shape index (κ1) is 20.9. The van der Waals surface area contributed by atoms with Crippen molar-refractivity contribution in [1.29, 1.82) is 0 Å². The van der Waals surface area contributed by atoms with Gasteiger partial charge in [0.25, 0.3) is 0 Å². The van der Waals surface area contributed by atoms with E-state index in [-0.39, 0.29) is 6.03 Å². The smallest absolute Gasteiger partial charge is 0.377 e. The summed E-state index contributed by atoms with van der Waals surface area (Å²) in [6, 6.07) is 10.6. The molecule has 26 heavy (non-hydrogen) atoms. The van der Waals surface area contributed by atoms with Crippen molar-refractivity contribution in [1.82, 2.24) is 4.90 Å². The Balaban J connectivity index is 2.00. The van der Waals surface area contributed by atoms with E-state index in [0.29, 0.717) is 18.6 Å². The molecule has 0 aromatic heterocycles. The molecule has 0 bridgehead atoms. The molecule has 1 aromatic rings. The van der Waals surface area contributed by atoms with Gasteiger partial charge in [0.2, 0.25) is 0 Å². The first-order valence-electron chi connectivity index (χ1n) is 9.42. The van der Waals surface area contributed by atoms with Crippen LogP contribution >= 0.6 is 0 Å². The predicted octanol–water partition coefficient (Wildman–Crippen LogP) is 4.12. The maximum atomic E-state index is 12.9. The van der Waals surface area contributed by atoms with E-state index in [1.54, 1.807) is 21.3 Å². The molecule has 0 aliphatic heterocycles. The lowest BCUT2D eigenvalue weighted by atomic mass is 9.94. The Kier molecular flexibility index (Phi) is 8.57. The van der Waals surface area contributed by atoms with Gasteiger partial charge in [-0.1, -0.05) is 37.5 Å². The first-order chi connectivity index (χ1) is 12.6. The van der Waals surface area contributed by atoms with Gasteiger partial charge in [0.05, 0.1) is 0 Å². The van der Waals surface area contributed by atoms with Crippen molar-refractivity contribution < 1.29 is 18.1 Å². The number of amides is 2. The molecule has 2 amide bonds. The van der Waals surface area contributed by atoms with Crippen molar-refractivity contribution >= 4 is 20.5 Å². The second-order valence-electron chi connectivity index (χ2n) is 6.68. The monoisotopic (exact) mass is 380 g/mol. The van der Waals surface area contributed by atoms with Gasteiger partial charge in [0, 0.05) is 45.6 Å². The Hall–Kier alpha value is -1.41. The van der Waals surface area contributed by atoms with Gasteiger partial charge in [0.1, 0.15) is 0 Å². The van der Waals surface area contributed by atoms with Crippen LogP contribution in [0.25, 0.3) is 0 Å². The standard InChI is InChI=1S/C19H32N2O4Si/c1-23-26(24-2,25-3)16-10-15-21(18-13-8-5-9-14-18)19(22)20-17-11-6-4-7-12-17/h4,6-7,11-12,18H,5,8-10,13-16H2,1-3H3,(H,20,22). The molecule has 2 rings (SSSR count). The summed E-state index contributed by atoms with van der Waals surface area (Å²) < 4.78 is 16.5. The minimum atomic E-state index is -2.60. The molecule has 1 N–H and O–H groups in total. The van der Waals surface area contributed by atoms with Crippen LogP contribution in [0.15, 0.2) is 30.3 Å². The maximum Gasteiger partial charge on any atom is 0.500 e. The summed E-state index contributed by atoms with van der Waals surface area (Å²) >= 11 is 0. The molecule has 1 fully saturated rings. The zero-order chi connectivity index (χ0) is 18.8. The minimum Gasteiger partial charge on any atom is -0.377 e. The number of carbonyl (C=O) groups excluding carboxylic acids is 1. The van der Waals surface area contributed by atoms with Gasteiger partial charge in [-0.2, -0.15) is 0 Å². The summed E-state index contributed by atoms with van der Waals surface area (Å²) in [4.78, 5) is 14.9. The summed E-state index contributed by atoms with van der Waals surface area (Å²) in [6.07, 6.45) is 6.57. The zero-order valence-electron chi connectivity index (χ0n) is 16.2. The molecule has 7 heteroatoms. The van der Waals surface area contributed by atoms with Crippen molar-refractivity contribution in [2.45, 2.75) is 50.6 Å². The summed E-state index contributed by atoms with van der Waals surface area (Å²) in [6.45, 7) is 0.675. The third kappa shape index (κ3) is 5.80. The molecule has 0 saturated heterocycles. The summed E-state index contributed by atoms with van der Waals surface area (Å²) in [5, 5.41) is 3.03. The lowest BCUT2D eigenvalue weighted by molar-refractivity contribution is 0.119. The molecule has 0 atom stereocenters. The van der Waals surface area contributed by atoms with E-state index in [2.05, 4.69) is 5.32 Å². The molecule has 1 aliphatic rings. The fraction of sp³-hybridized carbons (Fsp3) is 0.632. The summed E-state index contributed by atoms with van der Waals surface area (Å²) in [7, 11) is 2.27. The third-order valence-electron chi connectivity index (χ3n) is 5.12. The highest BCUT2D eigenvalue weighted by Gasteiger charge is 2.37. The maximum absolute atomic E-state index is 12.9. The molecule has 1 saturated carbocycles. The van der Waals surface area contributed by atoms with E-state index in [4.69, 9.17) is 13.3 Å². The number of hydrogen-bond donors (Lipinski definition) is 1. The van der Waals surface area contributed by atoms with Crippen LogP contribution in [-0.2, 0) is 13.3 Å². The van der Waals surface area contributed by atoms with Crippen LogP contribution in [0.5, 0.6) is 0 Å². The molecule has 6 nitrogen and oxygen atoms in total. The number of hydrogen-bond acceptors (Lipinski definition) is 4. The van der Waals surface area contributed by atoms with Crippen molar-refractivity contribution in [3.05, 3.63) is 30.3 Å². The number of benzene rings is 1. The number of nitrogens with one attached hydrogen (secondary N) is 1. The van der Waals surface area contributed by atoms with Crippen molar-refractivity contribution in [3.63, 3.8) is 0 Å². The van der Waals surface area contributed by atoms with E-state index in [9.17, 15) is 4.79 Å². The van der Waals surface area contributed by atoms with E-state index in [1.807, 2.05) is 35.2 Å². The molecular weight excluding hydrogens is 348 g/mol. The lowest BCUT2D eigenvalue weighted by Gasteiger charge is -2.35. The predicted molar refractivity (Wildman–Crippen MR) is 105 cm³/mol. The van der Waals surface area contributed by atoms with Crippen LogP contribution in [-0.4, -0.2) is 53.7 Å². The van der Waals surface area contributed by atoms with Crippen LogP contribution in [0, 0.1) is 0 Å². The molecule has 1 aromatic carbocycles. The molecule has 0 unspecified atom stereocenters. The van der Waals surface area contributed by atoms with Crippen LogP contribution in [0.2, 0.25) is 6.04 Å². The average molecular weight is 381 g/mol. The molecular formula is C19H32N2O4Si. The number of carbonyl (C=O) groups is 1. The second-order valence-corrected chi connectivity index (χ2v) is 9.77. The Bertz CT molecular complexity index is 525. The average Bonchev–Trinajstić information content (AvgIpc) is 2.70. The third-order valence-corrected chi connectivity index (χ3v) is 7.95. The Morgan fingerprint density at radius 1 is 1.08 bits per heavy atom. The summed E-state index contributed by atoms with van der Waals surface area (Å²) in [5.74, 6) is 0. The second kappa shape index (κ2) is 10.7. The molecule has 146 valence electrons. The number of rotatable bonds is 9. The normalized spacial score (nSPS) is 15.7. The summed E-state index contributed by atoms with van der Waals surface area (Å²) in [5.41, 5.74) is 0.827. The Labute approximate surface area is 158 Å². The molecule has 1 aliphatic carbocycles. The number of urea groups is 1. The fourth-order valence-corrected chi connectivity index (χ4v) is 5.29. The molecule has 0 spiro atoms. The van der Waals surface area contributed by atoms with E-state index in [0.717, 1.165) is 24.9 Å². The van der Waals surface area contributed by atoms with Gasteiger partial charge in [-0.25, -0.2) is 4.79 Å². The van der Waals surface area contributed by atoms with E-state index < -0.39 is 8.80 Å². The number of para-hydroxylation sites is 1. The first-order valence-corrected chi connectivity index (χ1v) is 11.4. The van der Waals surface area contributed by atoms with E-state index >= 15 is 0 Å². The highest BCUT2D eigenvalue weighted by molar-refractivity contribution is 6.60. The minimum absolute atomic E-state index is 0.0254. The van der Waals surface area contributed by atoms with Gasteiger partial charge < -0.3 is 23.5 Å². The Morgan fingerprint density at radius 2 is 1.69 bits per heavy atom. The SMILES string of the molecule is CO[Si](CCCN(C(=O)Nc1ccccc1)C1CCCCC1)(OC)OC. The quantitative estimate of drug-likeness (QED) is 0.655. The van der Waals surface area contributed by atoms with Crippen molar-refractivity contribution in [3.8, 4) is 0 Å². The van der Waals surface area contributed by atoms with Gasteiger partial charge in [0.15, 0.2) is 0 Å². The highest BCUT2D eigenvalue weighted by atomic mass is 28.4. The van der Waals surface area contributed by atoms with Gasteiger partial charge >= 0.3 is 14.8 Å². The molecule has 0 heterocycles. The lowest BCUT2D eigenvalue weighted by Crippen LogP contribution is -2.46. The van der Waals surface area contributed by atoms with E-state index in [1.165, 1.54) is 19.3 Å². The van der Waals surface area contributed by atoms with Crippen LogP contribution in [0.3, 0.4) is 0 Å². The molecule has 0 radical (unpaired) electrons. The zero-order valence-corrected chi connectivity index (χ0v) is 17.2. The topological polar surface area (TPSA) is 60.0 Å². The van der Waals surface area contributed by atoms with Crippen molar-refractivity contribution in [2.75, 3.05) is 33.2 Å². The largest absolute Gasteiger partial charge is 0.500 e.